The minimum absolute atomic E-state index is 0.0806. The van der Waals surface area contributed by atoms with E-state index in [1.807, 2.05) is 18.2 Å². The summed E-state index contributed by atoms with van der Waals surface area (Å²) in [6.07, 6.45) is 1.93. The van der Waals surface area contributed by atoms with E-state index in [4.69, 9.17) is 5.73 Å². The predicted molar refractivity (Wildman–Crippen MR) is 83.1 cm³/mol. The standard InChI is InChI=1S/C14H18N4OS/c1-17(2)13(19)11-4-3-7-18(11)14-16-10-6-5-9(15)8-12(10)20-14/h5-6,8,11H,3-4,7,15H2,1-2H3. The van der Waals surface area contributed by atoms with Crippen molar-refractivity contribution >= 4 is 38.3 Å². The quantitative estimate of drug-likeness (QED) is 0.859. The molecule has 1 aromatic heterocycles. The Bertz CT molecular complexity index is 652. The normalized spacial score (nSPS) is 18.7. The highest BCUT2D eigenvalue weighted by Gasteiger charge is 2.33. The number of nitrogens with two attached hydrogens (primary N) is 1. The summed E-state index contributed by atoms with van der Waals surface area (Å²) in [5.41, 5.74) is 7.50. The molecule has 5 nitrogen and oxygen atoms in total. The maximum atomic E-state index is 12.2. The van der Waals surface area contributed by atoms with Crippen molar-refractivity contribution in [1.29, 1.82) is 0 Å². The highest BCUT2D eigenvalue weighted by atomic mass is 32.1. The molecule has 0 bridgehead atoms. The van der Waals surface area contributed by atoms with Gasteiger partial charge in [0.15, 0.2) is 5.13 Å². The van der Waals surface area contributed by atoms with E-state index in [9.17, 15) is 4.79 Å². The maximum absolute atomic E-state index is 12.2. The first-order valence-electron chi connectivity index (χ1n) is 6.70. The van der Waals surface area contributed by atoms with E-state index in [1.165, 1.54) is 0 Å². The Morgan fingerprint density at radius 2 is 2.30 bits per heavy atom. The summed E-state index contributed by atoms with van der Waals surface area (Å²) in [6, 6.07) is 5.65. The van der Waals surface area contributed by atoms with E-state index < -0.39 is 0 Å². The van der Waals surface area contributed by atoms with Crippen LogP contribution in [0.5, 0.6) is 0 Å². The van der Waals surface area contributed by atoms with Crippen molar-refractivity contribution in [2.75, 3.05) is 31.3 Å². The molecule has 1 saturated heterocycles. The molecule has 1 amide bonds. The summed E-state index contributed by atoms with van der Waals surface area (Å²) >= 11 is 1.61. The summed E-state index contributed by atoms with van der Waals surface area (Å²) in [5.74, 6) is 0.154. The minimum atomic E-state index is -0.0806. The Kier molecular flexibility index (Phi) is 3.25. The van der Waals surface area contributed by atoms with Crippen LogP contribution in [-0.4, -0.2) is 42.5 Å². The number of carbonyl (C=O) groups is 1. The number of anilines is 2. The fourth-order valence-corrected chi connectivity index (χ4v) is 3.69. The first-order valence-corrected chi connectivity index (χ1v) is 7.52. The Hall–Kier alpha value is -1.82. The number of benzene rings is 1. The lowest BCUT2D eigenvalue weighted by atomic mass is 10.2. The zero-order valence-electron chi connectivity index (χ0n) is 11.7. The van der Waals surface area contributed by atoms with Gasteiger partial charge in [-0.3, -0.25) is 4.79 Å². The number of nitrogens with zero attached hydrogens (tertiary/aromatic N) is 3. The number of hydrogen-bond donors (Lipinski definition) is 1. The van der Waals surface area contributed by atoms with Gasteiger partial charge in [-0.05, 0) is 31.0 Å². The molecule has 2 N–H and O–H groups in total. The number of amides is 1. The summed E-state index contributed by atoms with van der Waals surface area (Å²) in [4.78, 5) is 20.7. The van der Waals surface area contributed by atoms with Gasteiger partial charge in [0.05, 0.1) is 10.2 Å². The van der Waals surface area contributed by atoms with E-state index >= 15 is 0 Å². The number of rotatable bonds is 2. The second-order valence-electron chi connectivity index (χ2n) is 5.31. The van der Waals surface area contributed by atoms with Crippen LogP contribution in [0.2, 0.25) is 0 Å². The largest absolute Gasteiger partial charge is 0.399 e. The first-order chi connectivity index (χ1) is 9.56. The number of likely N-dealkylation sites (N-methyl/N-ethyl adjacent to an activating group) is 1. The number of carbonyl (C=O) groups excluding carboxylic acids is 1. The third-order valence-corrected chi connectivity index (χ3v) is 4.68. The molecule has 0 aliphatic carbocycles. The Morgan fingerprint density at radius 1 is 1.50 bits per heavy atom. The topological polar surface area (TPSA) is 62.5 Å². The van der Waals surface area contributed by atoms with Crippen LogP contribution in [0, 0.1) is 0 Å². The maximum Gasteiger partial charge on any atom is 0.244 e. The Morgan fingerprint density at radius 3 is 3.05 bits per heavy atom. The van der Waals surface area contributed by atoms with Crippen molar-refractivity contribution in [3.05, 3.63) is 18.2 Å². The molecule has 1 atom stereocenters. The highest BCUT2D eigenvalue weighted by Crippen LogP contribution is 2.34. The molecule has 6 heteroatoms. The minimum Gasteiger partial charge on any atom is -0.399 e. The van der Waals surface area contributed by atoms with Gasteiger partial charge in [-0.15, -0.1) is 0 Å². The third-order valence-electron chi connectivity index (χ3n) is 3.63. The van der Waals surface area contributed by atoms with Crippen LogP contribution >= 0.6 is 11.3 Å². The predicted octanol–water partition coefficient (Wildman–Crippen LogP) is 1.94. The molecule has 1 aliphatic rings. The smallest absolute Gasteiger partial charge is 0.244 e. The second kappa shape index (κ2) is 4.94. The summed E-state index contributed by atoms with van der Waals surface area (Å²) < 4.78 is 1.07. The average molecular weight is 290 g/mol. The number of hydrogen-bond acceptors (Lipinski definition) is 5. The fourth-order valence-electron chi connectivity index (χ4n) is 2.60. The van der Waals surface area contributed by atoms with Crippen molar-refractivity contribution in [1.82, 2.24) is 9.88 Å². The molecule has 0 saturated carbocycles. The molecule has 2 heterocycles. The van der Waals surface area contributed by atoms with Crippen LogP contribution in [0.1, 0.15) is 12.8 Å². The molecule has 106 valence electrons. The molecule has 3 rings (SSSR count). The Labute approximate surface area is 122 Å². The van der Waals surface area contributed by atoms with Crippen LogP contribution < -0.4 is 10.6 Å². The van der Waals surface area contributed by atoms with Crippen LogP contribution in [0.25, 0.3) is 10.2 Å². The number of thiazole rings is 1. The van der Waals surface area contributed by atoms with Crippen molar-refractivity contribution in [3.8, 4) is 0 Å². The van der Waals surface area contributed by atoms with Crippen LogP contribution in [0.3, 0.4) is 0 Å². The van der Waals surface area contributed by atoms with Crippen LogP contribution in [0.15, 0.2) is 18.2 Å². The number of aromatic nitrogens is 1. The lowest BCUT2D eigenvalue weighted by molar-refractivity contribution is -0.129. The van der Waals surface area contributed by atoms with Gasteiger partial charge in [0, 0.05) is 26.3 Å². The van der Waals surface area contributed by atoms with Gasteiger partial charge < -0.3 is 15.5 Å². The average Bonchev–Trinajstić information content (AvgIpc) is 3.02. The molecular weight excluding hydrogens is 272 g/mol. The van der Waals surface area contributed by atoms with E-state index in [-0.39, 0.29) is 11.9 Å². The van der Waals surface area contributed by atoms with Crippen molar-refractivity contribution in [3.63, 3.8) is 0 Å². The highest BCUT2D eigenvalue weighted by molar-refractivity contribution is 7.22. The number of nitrogen functional groups attached to an aromatic ring is 1. The monoisotopic (exact) mass is 290 g/mol. The summed E-state index contributed by atoms with van der Waals surface area (Å²) in [6.45, 7) is 0.888. The SMILES string of the molecule is CN(C)C(=O)C1CCCN1c1nc2ccc(N)cc2s1. The molecule has 1 aliphatic heterocycles. The molecular formula is C14H18N4OS. The molecule has 0 radical (unpaired) electrons. The molecule has 2 aromatic rings. The Balaban J connectivity index is 1.95. The van der Waals surface area contributed by atoms with E-state index in [1.54, 1.807) is 30.3 Å². The van der Waals surface area contributed by atoms with Crippen molar-refractivity contribution < 1.29 is 4.79 Å². The van der Waals surface area contributed by atoms with Crippen LogP contribution in [-0.2, 0) is 4.79 Å². The van der Waals surface area contributed by atoms with Gasteiger partial charge in [0.25, 0.3) is 0 Å². The van der Waals surface area contributed by atoms with Crippen LogP contribution in [0.4, 0.5) is 10.8 Å². The fraction of sp³-hybridized carbons (Fsp3) is 0.429. The molecule has 1 fully saturated rings. The van der Waals surface area contributed by atoms with Gasteiger partial charge in [-0.2, -0.15) is 0 Å². The van der Waals surface area contributed by atoms with Gasteiger partial charge >= 0.3 is 0 Å². The van der Waals surface area contributed by atoms with E-state index in [2.05, 4.69) is 9.88 Å². The first kappa shape index (κ1) is 13.2. The van der Waals surface area contributed by atoms with Gasteiger partial charge in [0.1, 0.15) is 6.04 Å². The van der Waals surface area contributed by atoms with Gasteiger partial charge in [-0.1, -0.05) is 11.3 Å². The molecule has 0 spiro atoms. The van der Waals surface area contributed by atoms with Gasteiger partial charge in [-0.25, -0.2) is 4.98 Å². The zero-order valence-corrected chi connectivity index (χ0v) is 12.5. The number of fused-ring (bicyclic) bond motifs is 1. The zero-order chi connectivity index (χ0) is 14.3. The summed E-state index contributed by atoms with van der Waals surface area (Å²) in [7, 11) is 3.61. The molecule has 1 unspecified atom stereocenters. The van der Waals surface area contributed by atoms with E-state index in [0.29, 0.717) is 0 Å². The lowest BCUT2D eigenvalue weighted by Gasteiger charge is -2.25. The second-order valence-corrected chi connectivity index (χ2v) is 6.32. The van der Waals surface area contributed by atoms with E-state index in [0.717, 1.165) is 40.4 Å². The summed E-state index contributed by atoms with van der Waals surface area (Å²) in [5, 5.41) is 0.920. The van der Waals surface area contributed by atoms with Crippen molar-refractivity contribution in [2.24, 2.45) is 0 Å². The van der Waals surface area contributed by atoms with Gasteiger partial charge in [0.2, 0.25) is 5.91 Å². The molecule has 20 heavy (non-hydrogen) atoms. The lowest BCUT2D eigenvalue weighted by Crippen LogP contribution is -2.42. The molecule has 1 aromatic carbocycles. The van der Waals surface area contributed by atoms with Crippen molar-refractivity contribution in [2.45, 2.75) is 18.9 Å². The third kappa shape index (κ3) is 2.20.